The second kappa shape index (κ2) is 4.03. The Kier molecular flexibility index (Phi) is 2.73. The first kappa shape index (κ1) is 10.2. The first-order valence-electron chi connectivity index (χ1n) is 4.69. The molecule has 1 aliphatic heterocycles. The van der Waals surface area contributed by atoms with Crippen LogP contribution in [0.5, 0.6) is 0 Å². The summed E-state index contributed by atoms with van der Waals surface area (Å²) in [5.74, 6) is -0.109. The molecule has 0 unspecified atom stereocenters. The summed E-state index contributed by atoms with van der Waals surface area (Å²) in [6.45, 7) is 0.691. The number of nitrogens with zero attached hydrogens (tertiary/aromatic N) is 1. The predicted molar refractivity (Wildman–Crippen MR) is 56.5 cm³/mol. The van der Waals surface area contributed by atoms with Crippen molar-refractivity contribution < 1.29 is 9.59 Å². The number of carbonyl (C=O) groups is 2. The number of benzene rings is 1. The molecule has 0 aromatic heterocycles. The number of likely N-dealkylation sites (tertiary alicyclic amines) is 1. The van der Waals surface area contributed by atoms with E-state index in [2.05, 4.69) is 0 Å². The molecule has 0 N–H and O–H groups in total. The van der Waals surface area contributed by atoms with Gasteiger partial charge in [-0.2, -0.15) is 0 Å². The molecule has 0 bridgehead atoms. The van der Waals surface area contributed by atoms with Crippen LogP contribution in [-0.2, 0) is 16.1 Å². The Hall–Kier alpha value is -1.35. The third-order valence-corrected chi connectivity index (χ3v) is 2.57. The van der Waals surface area contributed by atoms with E-state index in [0.29, 0.717) is 11.6 Å². The highest BCUT2D eigenvalue weighted by Crippen LogP contribution is 2.15. The van der Waals surface area contributed by atoms with Crippen molar-refractivity contribution in [1.82, 2.24) is 4.90 Å². The molecule has 0 spiro atoms. The van der Waals surface area contributed by atoms with Gasteiger partial charge in [0.15, 0.2) is 5.78 Å². The fourth-order valence-corrected chi connectivity index (χ4v) is 1.85. The maximum atomic E-state index is 11.3. The molecule has 1 amide bonds. The van der Waals surface area contributed by atoms with Gasteiger partial charge in [0, 0.05) is 11.6 Å². The van der Waals surface area contributed by atoms with Crippen molar-refractivity contribution in [2.75, 3.05) is 6.54 Å². The lowest BCUT2D eigenvalue weighted by Gasteiger charge is -2.14. The molecule has 1 saturated heterocycles. The molecular weight excluding hydrogens is 214 g/mol. The zero-order valence-corrected chi connectivity index (χ0v) is 8.83. The van der Waals surface area contributed by atoms with Crippen molar-refractivity contribution in [3.05, 3.63) is 34.9 Å². The second-order valence-electron chi connectivity index (χ2n) is 3.60. The van der Waals surface area contributed by atoms with Crippen LogP contribution < -0.4 is 0 Å². The highest BCUT2D eigenvalue weighted by molar-refractivity contribution is 6.30. The van der Waals surface area contributed by atoms with Gasteiger partial charge in [-0.05, 0) is 17.7 Å². The molecule has 3 nitrogen and oxygen atoms in total. The summed E-state index contributed by atoms with van der Waals surface area (Å²) in [5.41, 5.74) is 0.950. The predicted octanol–water partition coefficient (Wildman–Crippen LogP) is 1.64. The average molecular weight is 224 g/mol. The van der Waals surface area contributed by atoms with Gasteiger partial charge in [0.25, 0.3) is 0 Å². The van der Waals surface area contributed by atoms with Gasteiger partial charge < -0.3 is 4.90 Å². The molecule has 15 heavy (non-hydrogen) atoms. The number of carbonyl (C=O) groups excluding carboxylic acids is 2. The molecule has 78 valence electrons. The summed E-state index contributed by atoms with van der Waals surface area (Å²) >= 11 is 5.82. The number of hydrogen-bond acceptors (Lipinski definition) is 2. The van der Waals surface area contributed by atoms with E-state index in [4.69, 9.17) is 11.6 Å². The lowest BCUT2D eigenvalue weighted by Crippen LogP contribution is -2.24. The highest BCUT2D eigenvalue weighted by atomic mass is 35.5. The van der Waals surface area contributed by atoms with Crippen LogP contribution >= 0.6 is 11.6 Å². The van der Waals surface area contributed by atoms with Crippen LogP contribution in [0.15, 0.2) is 24.3 Å². The van der Waals surface area contributed by atoms with Gasteiger partial charge >= 0.3 is 0 Å². The minimum Gasteiger partial charge on any atom is -0.331 e. The van der Waals surface area contributed by atoms with Crippen LogP contribution in [-0.4, -0.2) is 23.1 Å². The van der Waals surface area contributed by atoms with Gasteiger partial charge in [0.2, 0.25) is 5.91 Å². The minimum absolute atomic E-state index is 0.0120. The standard InChI is InChI=1S/C11H10ClNO2/c12-9-3-1-2-8(4-9)6-13-7-10(14)5-11(13)15/h1-4H,5-7H2. The largest absolute Gasteiger partial charge is 0.331 e. The van der Waals surface area contributed by atoms with Gasteiger partial charge in [-0.1, -0.05) is 23.7 Å². The van der Waals surface area contributed by atoms with Crippen molar-refractivity contribution in [3.63, 3.8) is 0 Å². The summed E-state index contributed by atoms with van der Waals surface area (Å²) in [4.78, 5) is 23.9. The number of amides is 1. The van der Waals surface area contributed by atoms with E-state index in [1.165, 1.54) is 0 Å². The molecule has 0 aliphatic carbocycles. The Morgan fingerprint density at radius 1 is 1.33 bits per heavy atom. The van der Waals surface area contributed by atoms with E-state index in [1.54, 1.807) is 17.0 Å². The Bertz CT molecular complexity index is 417. The molecule has 1 heterocycles. The average Bonchev–Trinajstić information content (AvgIpc) is 2.45. The molecule has 1 aromatic rings. The van der Waals surface area contributed by atoms with Crippen LogP contribution in [0.3, 0.4) is 0 Å². The van der Waals surface area contributed by atoms with Crippen LogP contribution in [0.1, 0.15) is 12.0 Å². The molecule has 0 saturated carbocycles. The number of ketones is 1. The Balaban J connectivity index is 2.09. The number of halogens is 1. The fourth-order valence-electron chi connectivity index (χ4n) is 1.64. The van der Waals surface area contributed by atoms with E-state index in [9.17, 15) is 9.59 Å². The SMILES string of the molecule is O=C1CC(=O)N(Cc2cccc(Cl)c2)C1. The van der Waals surface area contributed by atoms with E-state index in [0.717, 1.165) is 5.56 Å². The number of rotatable bonds is 2. The molecular formula is C11H10ClNO2. The third kappa shape index (κ3) is 2.36. The molecule has 4 heteroatoms. The summed E-state index contributed by atoms with van der Waals surface area (Å²) in [6, 6.07) is 7.31. The maximum absolute atomic E-state index is 11.3. The van der Waals surface area contributed by atoms with Crippen molar-refractivity contribution in [3.8, 4) is 0 Å². The van der Waals surface area contributed by atoms with E-state index < -0.39 is 0 Å². The zero-order chi connectivity index (χ0) is 10.8. The van der Waals surface area contributed by atoms with Gasteiger partial charge in [-0.15, -0.1) is 0 Å². The lowest BCUT2D eigenvalue weighted by atomic mass is 10.2. The number of Topliss-reactive ketones (excluding diaryl/α,β-unsaturated/α-hetero) is 1. The van der Waals surface area contributed by atoms with Crippen LogP contribution in [0.25, 0.3) is 0 Å². The van der Waals surface area contributed by atoms with Crippen LogP contribution in [0.4, 0.5) is 0 Å². The summed E-state index contributed by atoms with van der Waals surface area (Å²) in [5, 5.41) is 0.644. The molecule has 1 aromatic carbocycles. The highest BCUT2D eigenvalue weighted by Gasteiger charge is 2.26. The fraction of sp³-hybridized carbons (Fsp3) is 0.273. The van der Waals surface area contributed by atoms with E-state index in [-0.39, 0.29) is 24.7 Å². The van der Waals surface area contributed by atoms with Crippen LogP contribution in [0.2, 0.25) is 5.02 Å². The zero-order valence-electron chi connectivity index (χ0n) is 8.07. The van der Waals surface area contributed by atoms with E-state index >= 15 is 0 Å². The Morgan fingerprint density at radius 2 is 2.13 bits per heavy atom. The second-order valence-corrected chi connectivity index (χ2v) is 4.03. The quantitative estimate of drug-likeness (QED) is 0.715. The van der Waals surface area contributed by atoms with Crippen molar-refractivity contribution >= 4 is 23.3 Å². The van der Waals surface area contributed by atoms with Crippen molar-refractivity contribution in [2.45, 2.75) is 13.0 Å². The third-order valence-electron chi connectivity index (χ3n) is 2.33. The molecule has 2 rings (SSSR count). The summed E-state index contributed by atoms with van der Waals surface area (Å²) < 4.78 is 0. The first-order chi connectivity index (χ1) is 7.15. The lowest BCUT2D eigenvalue weighted by molar-refractivity contribution is -0.128. The molecule has 1 aliphatic rings. The van der Waals surface area contributed by atoms with Gasteiger partial charge in [-0.25, -0.2) is 0 Å². The minimum atomic E-state index is -0.0972. The maximum Gasteiger partial charge on any atom is 0.230 e. The topological polar surface area (TPSA) is 37.4 Å². The summed E-state index contributed by atoms with van der Waals surface area (Å²) in [6.07, 6.45) is 0.0422. The molecule has 0 atom stereocenters. The first-order valence-corrected chi connectivity index (χ1v) is 5.07. The monoisotopic (exact) mass is 223 g/mol. The van der Waals surface area contributed by atoms with Crippen LogP contribution in [0, 0.1) is 0 Å². The normalized spacial score (nSPS) is 16.2. The number of hydrogen-bond donors (Lipinski definition) is 0. The van der Waals surface area contributed by atoms with Gasteiger partial charge in [-0.3, -0.25) is 9.59 Å². The van der Waals surface area contributed by atoms with Crippen molar-refractivity contribution in [2.24, 2.45) is 0 Å². The van der Waals surface area contributed by atoms with Gasteiger partial charge in [0.1, 0.15) is 0 Å². The summed E-state index contributed by atoms with van der Waals surface area (Å²) in [7, 11) is 0. The smallest absolute Gasteiger partial charge is 0.230 e. The van der Waals surface area contributed by atoms with E-state index in [1.807, 2.05) is 12.1 Å². The van der Waals surface area contributed by atoms with Gasteiger partial charge in [0.05, 0.1) is 13.0 Å². The van der Waals surface area contributed by atoms with Crippen molar-refractivity contribution in [1.29, 1.82) is 0 Å². The molecule has 1 fully saturated rings. The molecule has 0 radical (unpaired) electrons. The Labute approximate surface area is 92.6 Å². The Morgan fingerprint density at radius 3 is 2.73 bits per heavy atom.